The van der Waals surface area contributed by atoms with Gasteiger partial charge in [-0.1, -0.05) is 0 Å². The van der Waals surface area contributed by atoms with E-state index in [2.05, 4.69) is 5.32 Å². The van der Waals surface area contributed by atoms with Gasteiger partial charge in [-0.15, -0.1) is 0 Å². The number of sulfonamides is 1. The van der Waals surface area contributed by atoms with Crippen LogP contribution in [0.1, 0.15) is 25.7 Å². The van der Waals surface area contributed by atoms with Gasteiger partial charge in [0, 0.05) is 31.8 Å². The molecule has 100 valence electrons. The van der Waals surface area contributed by atoms with Crippen LogP contribution in [-0.4, -0.2) is 57.4 Å². The van der Waals surface area contributed by atoms with E-state index in [1.807, 2.05) is 0 Å². The van der Waals surface area contributed by atoms with Crippen LogP contribution in [0.5, 0.6) is 0 Å². The molecule has 0 amide bonds. The van der Waals surface area contributed by atoms with Crippen LogP contribution in [-0.2, 0) is 14.8 Å². The molecule has 0 saturated carbocycles. The summed E-state index contributed by atoms with van der Waals surface area (Å²) in [6, 6.07) is 0.901. The molecular formula is C11H22N2O3S. The van der Waals surface area contributed by atoms with Gasteiger partial charge in [0.15, 0.2) is 0 Å². The van der Waals surface area contributed by atoms with Crippen molar-refractivity contribution in [3.8, 4) is 0 Å². The van der Waals surface area contributed by atoms with Crippen molar-refractivity contribution in [2.75, 3.05) is 32.6 Å². The molecule has 0 aromatic rings. The Labute approximate surface area is 104 Å². The first kappa shape index (κ1) is 13.3. The van der Waals surface area contributed by atoms with Crippen molar-refractivity contribution >= 4 is 10.0 Å². The fourth-order valence-corrected chi connectivity index (χ4v) is 3.43. The summed E-state index contributed by atoms with van der Waals surface area (Å²) in [7, 11) is -3.00. The average Bonchev–Trinajstić information content (AvgIpc) is 2.30. The van der Waals surface area contributed by atoms with E-state index in [4.69, 9.17) is 4.74 Å². The average molecular weight is 262 g/mol. The predicted octanol–water partition coefficient (Wildman–Crippen LogP) is 0.179. The van der Waals surface area contributed by atoms with E-state index < -0.39 is 10.0 Å². The van der Waals surface area contributed by atoms with E-state index in [1.54, 1.807) is 4.31 Å². The van der Waals surface area contributed by atoms with Crippen molar-refractivity contribution < 1.29 is 13.2 Å². The van der Waals surface area contributed by atoms with E-state index in [0.717, 1.165) is 32.5 Å². The normalized spacial score (nSPS) is 29.4. The Kier molecular flexibility index (Phi) is 4.41. The fraction of sp³-hybridized carbons (Fsp3) is 1.00. The highest BCUT2D eigenvalue weighted by Crippen LogP contribution is 2.15. The zero-order valence-corrected chi connectivity index (χ0v) is 11.2. The van der Waals surface area contributed by atoms with Gasteiger partial charge >= 0.3 is 0 Å². The Hall–Kier alpha value is -0.170. The topological polar surface area (TPSA) is 58.6 Å². The molecule has 1 unspecified atom stereocenters. The highest BCUT2D eigenvalue weighted by Gasteiger charge is 2.26. The van der Waals surface area contributed by atoms with Crippen molar-refractivity contribution in [2.24, 2.45) is 0 Å². The van der Waals surface area contributed by atoms with Gasteiger partial charge in [-0.25, -0.2) is 12.7 Å². The zero-order valence-electron chi connectivity index (χ0n) is 10.4. The van der Waals surface area contributed by atoms with Crippen molar-refractivity contribution in [1.29, 1.82) is 0 Å². The summed E-state index contributed by atoms with van der Waals surface area (Å²) in [5.41, 5.74) is 0. The number of hydrogen-bond acceptors (Lipinski definition) is 4. The van der Waals surface area contributed by atoms with Gasteiger partial charge < -0.3 is 10.1 Å². The minimum absolute atomic E-state index is 0.444. The molecule has 1 atom stereocenters. The predicted molar refractivity (Wildman–Crippen MR) is 66.4 cm³/mol. The molecule has 17 heavy (non-hydrogen) atoms. The molecule has 2 aliphatic heterocycles. The zero-order chi connectivity index (χ0) is 12.3. The molecular weight excluding hydrogens is 240 g/mol. The van der Waals surface area contributed by atoms with Crippen molar-refractivity contribution in [1.82, 2.24) is 9.62 Å². The van der Waals surface area contributed by atoms with Gasteiger partial charge in [-0.05, 0) is 25.7 Å². The van der Waals surface area contributed by atoms with Crippen LogP contribution < -0.4 is 5.32 Å². The minimum atomic E-state index is -3.00. The summed E-state index contributed by atoms with van der Waals surface area (Å²) in [5, 5.41) is 3.58. The summed E-state index contributed by atoms with van der Waals surface area (Å²) < 4.78 is 29.7. The second kappa shape index (κ2) is 5.65. The first-order valence-corrected chi connectivity index (χ1v) is 8.19. The molecule has 2 aliphatic rings. The highest BCUT2D eigenvalue weighted by atomic mass is 32.2. The maximum absolute atomic E-state index is 11.4. The molecule has 1 N–H and O–H groups in total. The van der Waals surface area contributed by atoms with Gasteiger partial charge in [0.05, 0.1) is 12.9 Å². The van der Waals surface area contributed by atoms with Crippen LogP contribution >= 0.6 is 0 Å². The molecule has 0 aliphatic carbocycles. The first-order chi connectivity index (χ1) is 8.05. The summed E-state index contributed by atoms with van der Waals surface area (Å²) in [6.07, 6.45) is 5.40. The van der Waals surface area contributed by atoms with Gasteiger partial charge in [0.1, 0.15) is 0 Å². The summed E-state index contributed by atoms with van der Waals surface area (Å²) in [6.45, 7) is 2.96. The van der Waals surface area contributed by atoms with Crippen molar-refractivity contribution in [2.45, 2.75) is 37.8 Å². The molecule has 2 heterocycles. The monoisotopic (exact) mass is 262 g/mol. The largest absolute Gasteiger partial charge is 0.380 e. The molecule has 0 aromatic carbocycles. The molecule has 2 fully saturated rings. The Balaban J connectivity index is 1.75. The van der Waals surface area contributed by atoms with Gasteiger partial charge in [-0.3, -0.25) is 0 Å². The first-order valence-electron chi connectivity index (χ1n) is 6.34. The van der Waals surface area contributed by atoms with Gasteiger partial charge in [-0.2, -0.15) is 0 Å². The molecule has 2 saturated heterocycles. The summed E-state index contributed by atoms with van der Waals surface area (Å²) in [4.78, 5) is 0. The second-order valence-corrected chi connectivity index (χ2v) is 7.00. The lowest BCUT2D eigenvalue weighted by Gasteiger charge is -2.34. The summed E-state index contributed by atoms with van der Waals surface area (Å²) in [5.74, 6) is 0. The quantitative estimate of drug-likeness (QED) is 0.788. The number of hydrogen-bond donors (Lipinski definition) is 1. The maximum atomic E-state index is 11.4. The molecule has 0 aromatic heterocycles. The second-order valence-electron chi connectivity index (χ2n) is 5.02. The standard InChI is InChI=1S/C11H22N2O3S/c1-17(14,15)13-6-4-10(5-7-13)12-11-3-2-8-16-9-11/h10-12H,2-9H2,1H3. The number of nitrogens with one attached hydrogen (secondary N) is 1. The lowest BCUT2D eigenvalue weighted by Crippen LogP contribution is -2.49. The maximum Gasteiger partial charge on any atom is 0.211 e. The van der Waals surface area contributed by atoms with Crippen LogP contribution in [0.15, 0.2) is 0 Å². The number of nitrogens with zero attached hydrogens (tertiary/aromatic N) is 1. The number of rotatable bonds is 3. The molecule has 6 heteroatoms. The van der Waals surface area contributed by atoms with E-state index in [9.17, 15) is 8.42 Å². The third kappa shape index (κ3) is 3.91. The highest BCUT2D eigenvalue weighted by molar-refractivity contribution is 7.88. The van der Waals surface area contributed by atoms with Crippen LogP contribution in [0.3, 0.4) is 0 Å². The third-order valence-electron chi connectivity index (χ3n) is 3.55. The van der Waals surface area contributed by atoms with Crippen LogP contribution in [0, 0.1) is 0 Å². The van der Waals surface area contributed by atoms with E-state index in [1.165, 1.54) is 12.7 Å². The van der Waals surface area contributed by atoms with Crippen molar-refractivity contribution in [3.05, 3.63) is 0 Å². The van der Waals surface area contributed by atoms with Gasteiger partial charge in [0.2, 0.25) is 10.0 Å². The number of ether oxygens (including phenoxy) is 1. The fourth-order valence-electron chi connectivity index (χ4n) is 2.56. The lowest BCUT2D eigenvalue weighted by atomic mass is 10.0. The Morgan fingerprint density at radius 3 is 2.41 bits per heavy atom. The molecule has 5 nitrogen and oxygen atoms in total. The van der Waals surface area contributed by atoms with E-state index in [-0.39, 0.29) is 0 Å². The summed E-state index contributed by atoms with van der Waals surface area (Å²) >= 11 is 0. The Morgan fingerprint density at radius 1 is 1.18 bits per heavy atom. The molecule has 2 rings (SSSR count). The smallest absolute Gasteiger partial charge is 0.211 e. The van der Waals surface area contributed by atoms with Gasteiger partial charge in [0.25, 0.3) is 0 Å². The van der Waals surface area contributed by atoms with E-state index in [0.29, 0.717) is 25.2 Å². The third-order valence-corrected chi connectivity index (χ3v) is 4.86. The minimum Gasteiger partial charge on any atom is -0.380 e. The SMILES string of the molecule is CS(=O)(=O)N1CCC(NC2CCCOC2)CC1. The molecule has 0 spiro atoms. The molecule has 0 radical (unpaired) electrons. The Bertz CT molecular complexity index is 331. The van der Waals surface area contributed by atoms with Crippen molar-refractivity contribution in [3.63, 3.8) is 0 Å². The Morgan fingerprint density at radius 2 is 1.88 bits per heavy atom. The molecule has 0 bridgehead atoms. The van der Waals surface area contributed by atoms with Crippen LogP contribution in [0.2, 0.25) is 0 Å². The lowest BCUT2D eigenvalue weighted by molar-refractivity contribution is 0.0634. The van der Waals surface area contributed by atoms with Crippen LogP contribution in [0.4, 0.5) is 0 Å². The number of piperidine rings is 1. The van der Waals surface area contributed by atoms with Crippen LogP contribution in [0.25, 0.3) is 0 Å². The van der Waals surface area contributed by atoms with E-state index >= 15 is 0 Å².